The number of benzene rings is 1. The third-order valence-electron chi connectivity index (χ3n) is 5.37. The first-order valence-corrected chi connectivity index (χ1v) is 9.11. The number of likely N-dealkylation sites (N-methyl/N-ethyl adjacent to an activating group) is 1. The lowest BCUT2D eigenvalue weighted by atomic mass is 10.00. The number of hydrogen-bond donors (Lipinski definition) is 1. The third-order valence-corrected chi connectivity index (χ3v) is 5.37. The van der Waals surface area contributed by atoms with Crippen molar-refractivity contribution < 1.29 is 29.0 Å². The average Bonchev–Trinajstić information content (AvgIpc) is 3.05. The topological polar surface area (TPSA) is 96.4 Å². The molecule has 0 spiro atoms. The number of rotatable bonds is 8. The van der Waals surface area contributed by atoms with Crippen molar-refractivity contribution in [1.29, 1.82) is 0 Å². The highest BCUT2D eigenvalue weighted by molar-refractivity contribution is 5.92. The lowest BCUT2D eigenvalue weighted by molar-refractivity contribution is -0.156. The second-order valence-corrected chi connectivity index (χ2v) is 7.44. The quantitative estimate of drug-likeness (QED) is 0.719. The van der Waals surface area contributed by atoms with Gasteiger partial charge in [-0.15, -0.1) is 0 Å². The number of carboxylic acid groups (broad SMARTS) is 1. The number of aliphatic carboxylic acids is 1. The zero-order chi connectivity index (χ0) is 21.1. The van der Waals surface area contributed by atoms with Crippen LogP contribution in [0.25, 0.3) is 0 Å². The van der Waals surface area contributed by atoms with Gasteiger partial charge in [0, 0.05) is 26.6 Å². The molecule has 0 bridgehead atoms. The van der Waals surface area contributed by atoms with Gasteiger partial charge in [-0.3, -0.25) is 9.59 Å². The maximum Gasteiger partial charge on any atom is 0.329 e. The predicted molar refractivity (Wildman–Crippen MR) is 102 cm³/mol. The van der Waals surface area contributed by atoms with Gasteiger partial charge >= 0.3 is 5.97 Å². The van der Waals surface area contributed by atoms with E-state index in [1.165, 1.54) is 25.8 Å². The Morgan fingerprint density at radius 3 is 2.46 bits per heavy atom. The van der Waals surface area contributed by atoms with Gasteiger partial charge in [-0.05, 0) is 38.0 Å². The lowest BCUT2D eigenvalue weighted by Gasteiger charge is -2.33. The lowest BCUT2D eigenvalue weighted by Crippen LogP contribution is -2.52. The first-order valence-electron chi connectivity index (χ1n) is 9.11. The molecule has 0 aromatic heterocycles. The molecular formula is C20H28N2O6. The van der Waals surface area contributed by atoms with Gasteiger partial charge in [0.2, 0.25) is 11.8 Å². The van der Waals surface area contributed by atoms with E-state index in [1.54, 1.807) is 19.1 Å². The van der Waals surface area contributed by atoms with Gasteiger partial charge < -0.3 is 24.4 Å². The van der Waals surface area contributed by atoms with Crippen molar-refractivity contribution in [3.05, 3.63) is 23.8 Å². The summed E-state index contributed by atoms with van der Waals surface area (Å²) in [7, 11) is 4.60. The smallest absolute Gasteiger partial charge is 0.329 e. The molecule has 1 unspecified atom stereocenters. The van der Waals surface area contributed by atoms with Crippen LogP contribution in [0, 0.1) is 5.92 Å². The highest BCUT2D eigenvalue weighted by Crippen LogP contribution is 2.28. The van der Waals surface area contributed by atoms with Crippen LogP contribution in [0.4, 0.5) is 0 Å². The number of carbonyl (C=O) groups is 3. The van der Waals surface area contributed by atoms with E-state index in [4.69, 9.17) is 9.47 Å². The fourth-order valence-corrected chi connectivity index (χ4v) is 3.15. The number of likely N-dealkylation sites (tertiary alicyclic amines) is 1. The number of nitrogens with zero attached hydrogens (tertiary/aromatic N) is 2. The van der Waals surface area contributed by atoms with E-state index < -0.39 is 17.4 Å². The molecule has 154 valence electrons. The molecule has 1 atom stereocenters. The molecule has 28 heavy (non-hydrogen) atoms. The molecule has 2 amide bonds. The predicted octanol–water partition coefficient (Wildman–Crippen LogP) is 1.42. The number of hydrogen-bond acceptors (Lipinski definition) is 5. The van der Waals surface area contributed by atoms with Crippen molar-refractivity contribution in [2.24, 2.45) is 5.92 Å². The molecule has 1 heterocycles. The number of ether oxygens (including phenoxy) is 2. The van der Waals surface area contributed by atoms with Crippen LogP contribution in [0.1, 0.15) is 25.8 Å². The number of amides is 2. The molecule has 1 aromatic rings. The first-order chi connectivity index (χ1) is 13.1. The van der Waals surface area contributed by atoms with E-state index in [-0.39, 0.29) is 18.2 Å². The Balaban J connectivity index is 2.00. The van der Waals surface area contributed by atoms with Crippen LogP contribution in [0.3, 0.4) is 0 Å². The summed E-state index contributed by atoms with van der Waals surface area (Å²) < 4.78 is 10.5. The maximum absolute atomic E-state index is 12.7. The zero-order valence-electron chi connectivity index (χ0n) is 17.0. The normalized spacial score (nSPS) is 16.8. The van der Waals surface area contributed by atoms with Crippen LogP contribution in [-0.4, -0.2) is 72.6 Å². The van der Waals surface area contributed by atoms with Gasteiger partial charge in [0.05, 0.1) is 20.1 Å². The summed E-state index contributed by atoms with van der Waals surface area (Å²) in [5.41, 5.74) is -0.336. The Morgan fingerprint density at radius 1 is 1.25 bits per heavy atom. The summed E-state index contributed by atoms with van der Waals surface area (Å²) in [5, 5.41) is 9.31. The van der Waals surface area contributed by atoms with Crippen LogP contribution in [0.15, 0.2) is 18.2 Å². The van der Waals surface area contributed by atoms with Crippen molar-refractivity contribution in [3.8, 4) is 11.5 Å². The SMILES string of the molecule is COc1ccc(CCN2CC(C(=O)N(C)C(C)(C)C(=O)O)CC2=O)cc1OC. The van der Waals surface area contributed by atoms with Gasteiger partial charge in [0.25, 0.3) is 0 Å². The van der Waals surface area contributed by atoms with Crippen molar-refractivity contribution in [1.82, 2.24) is 9.80 Å². The summed E-state index contributed by atoms with van der Waals surface area (Å²) in [4.78, 5) is 39.2. The summed E-state index contributed by atoms with van der Waals surface area (Å²) in [5.74, 6) is -0.772. The molecule has 0 saturated carbocycles. The van der Waals surface area contributed by atoms with Crippen molar-refractivity contribution in [2.75, 3.05) is 34.4 Å². The molecule has 1 N–H and O–H groups in total. The van der Waals surface area contributed by atoms with Gasteiger partial charge in [-0.25, -0.2) is 4.79 Å². The van der Waals surface area contributed by atoms with Gasteiger partial charge in [-0.1, -0.05) is 6.07 Å². The number of methoxy groups -OCH3 is 2. The van der Waals surface area contributed by atoms with E-state index in [9.17, 15) is 19.5 Å². The zero-order valence-corrected chi connectivity index (χ0v) is 17.0. The molecule has 2 rings (SSSR count). The maximum atomic E-state index is 12.7. The summed E-state index contributed by atoms with van der Waals surface area (Å²) >= 11 is 0. The van der Waals surface area contributed by atoms with Crippen molar-refractivity contribution in [3.63, 3.8) is 0 Å². The van der Waals surface area contributed by atoms with E-state index in [0.717, 1.165) is 5.56 Å². The third kappa shape index (κ3) is 4.37. The Morgan fingerprint density at radius 2 is 1.89 bits per heavy atom. The second-order valence-electron chi connectivity index (χ2n) is 7.44. The fraction of sp³-hybridized carbons (Fsp3) is 0.550. The number of carboxylic acids is 1. The summed E-state index contributed by atoms with van der Waals surface area (Å²) in [6, 6.07) is 5.59. The average molecular weight is 392 g/mol. The van der Waals surface area contributed by atoms with Crippen LogP contribution in [-0.2, 0) is 20.8 Å². The molecule has 8 nitrogen and oxygen atoms in total. The molecule has 1 aromatic carbocycles. The standard InChI is InChI=1S/C20H28N2O6/c1-20(2,19(25)26)21(3)18(24)14-11-17(23)22(12-14)9-8-13-6-7-15(27-4)16(10-13)28-5/h6-7,10,14H,8-9,11-12H2,1-5H3,(H,25,26). The number of carbonyl (C=O) groups excluding carboxylic acids is 2. The van der Waals surface area contributed by atoms with E-state index >= 15 is 0 Å². The van der Waals surface area contributed by atoms with Gasteiger partial charge in [0.1, 0.15) is 5.54 Å². The second kappa shape index (κ2) is 8.50. The highest BCUT2D eigenvalue weighted by Gasteiger charge is 2.41. The van der Waals surface area contributed by atoms with Crippen molar-refractivity contribution >= 4 is 17.8 Å². The molecule has 0 aliphatic carbocycles. The minimum absolute atomic E-state index is 0.0969. The molecule has 0 radical (unpaired) electrons. The van der Waals surface area contributed by atoms with E-state index in [2.05, 4.69) is 0 Å². The Bertz CT molecular complexity index is 761. The minimum atomic E-state index is -1.33. The Hall–Kier alpha value is -2.77. The molecule has 1 aliphatic rings. The summed E-state index contributed by atoms with van der Waals surface area (Å²) in [6.45, 7) is 3.72. The Labute approximate surface area is 165 Å². The van der Waals surface area contributed by atoms with E-state index in [1.807, 2.05) is 18.2 Å². The highest BCUT2D eigenvalue weighted by atomic mass is 16.5. The summed E-state index contributed by atoms with van der Waals surface area (Å²) in [6.07, 6.45) is 0.717. The van der Waals surface area contributed by atoms with Crippen LogP contribution in [0.2, 0.25) is 0 Å². The van der Waals surface area contributed by atoms with Gasteiger partial charge in [-0.2, -0.15) is 0 Å². The van der Waals surface area contributed by atoms with Crippen LogP contribution in [0.5, 0.6) is 11.5 Å². The largest absolute Gasteiger partial charge is 0.493 e. The molecule has 1 saturated heterocycles. The van der Waals surface area contributed by atoms with Crippen molar-refractivity contribution in [2.45, 2.75) is 32.2 Å². The monoisotopic (exact) mass is 392 g/mol. The van der Waals surface area contributed by atoms with E-state index in [0.29, 0.717) is 31.0 Å². The molecule has 8 heteroatoms. The minimum Gasteiger partial charge on any atom is -0.493 e. The van der Waals surface area contributed by atoms with Gasteiger partial charge in [0.15, 0.2) is 11.5 Å². The van der Waals surface area contributed by atoms with Crippen LogP contribution < -0.4 is 9.47 Å². The molecular weight excluding hydrogens is 364 g/mol. The first kappa shape index (κ1) is 21.5. The fourth-order valence-electron chi connectivity index (χ4n) is 3.15. The molecule has 1 fully saturated rings. The molecule has 1 aliphatic heterocycles. The van der Waals surface area contributed by atoms with Crippen LogP contribution >= 0.6 is 0 Å². The Kier molecular flexibility index (Phi) is 6.53.